The predicted molar refractivity (Wildman–Crippen MR) is 53.2 cm³/mol. The lowest BCUT2D eigenvalue weighted by Crippen LogP contribution is -2.40. The summed E-state index contributed by atoms with van der Waals surface area (Å²) in [5.74, 6) is -0.634. The number of aliphatic hydroxyl groups excluding tert-OH is 1. The van der Waals surface area contributed by atoms with E-state index < -0.39 is 17.5 Å². The summed E-state index contributed by atoms with van der Waals surface area (Å²) in [6.07, 6.45) is 0.463. The molecule has 0 aliphatic heterocycles. The van der Waals surface area contributed by atoms with Crippen LogP contribution in [0.2, 0.25) is 0 Å². The maximum atomic E-state index is 11.2. The van der Waals surface area contributed by atoms with Crippen molar-refractivity contribution in [3.63, 3.8) is 0 Å². The lowest BCUT2D eigenvalue weighted by Gasteiger charge is -2.25. The molecule has 5 heteroatoms. The smallest absolute Gasteiger partial charge is 0.335 e. The number of carbonyl (C=O) groups excluding carboxylic acids is 1. The standard InChI is InChI=1S/C9H13NO3S/c1-9(2,6(11)7(12)13-3)8-10-4-5-14-8/h4-6,11H,1-3H3. The molecular formula is C9H13NO3S. The molecular weight excluding hydrogens is 202 g/mol. The lowest BCUT2D eigenvalue weighted by atomic mass is 9.87. The Kier molecular flexibility index (Phi) is 3.23. The van der Waals surface area contributed by atoms with Crippen LogP contribution in [0.25, 0.3) is 0 Å². The number of nitrogens with zero attached hydrogens (tertiary/aromatic N) is 1. The van der Waals surface area contributed by atoms with E-state index >= 15 is 0 Å². The van der Waals surface area contributed by atoms with E-state index in [0.717, 1.165) is 5.01 Å². The number of esters is 1. The van der Waals surface area contributed by atoms with Gasteiger partial charge in [-0.1, -0.05) is 13.8 Å². The maximum Gasteiger partial charge on any atom is 0.335 e. The molecule has 0 aromatic carbocycles. The van der Waals surface area contributed by atoms with Crippen LogP contribution >= 0.6 is 11.3 Å². The molecule has 0 radical (unpaired) electrons. The molecule has 1 aromatic rings. The van der Waals surface area contributed by atoms with Crippen molar-refractivity contribution in [3.05, 3.63) is 16.6 Å². The second kappa shape index (κ2) is 4.06. The molecule has 0 aliphatic carbocycles. The molecule has 0 fully saturated rings. The normalized spacial score (nSPS) is 13.7. The summed E-state index contributed by atoms with van der Waals surface area (Å²) < 4.78 is 4.48. The van der Waals surface area contributed by atoms with Crippen molar-refractivity contribution < 1.29 is 14.6 Å². The van der Waals surface area contributed by atoms with Gasteiger partial charge in [0, 0.05) is 11.6 Å². The Morgan fingerprint density at radius 1 is 1.71 bits per heavy atom. The highest BCUT2D eigenvalue weighted by Crippen LogP contribution is 2.29. The molecule has 0 saturated heterocycles. The van der Waals surface area contributed by atoms with E-state index in [0.29, 0.717) is 0 Å². The molecule has 0 aliphatic rings. The number of ether oxygens (including phenoxy) is 1. The third-order valence-electron chi connectivity index (χ3n) is 2.09. The minimum atomic E-state index is -1.18. The number of methoxy groups -OCH3 is 1. The number of hydrogen-bond donors (Lipinski definition) is 1. The summed E-state index contributed by atoms with van der Waals surface area (Å²) in [6, 6.07) is 0. The number of carbonyl (C=O) groups is 1. The molecule has 78 valence electrons. The Bertz CT molecular complexity index is 308. The topological polar surface area (TPSA) is 59.4 Å². The lowest BCUT2D eigenvalue weighted by molar-refractivity contribution is -0.153. The van der Waals surface area contributed by atoms with Gasteiger partial charge >= 0.3 is 5.97 Å². The zero-order valence-electron chi connectivity index (χ0n) is 8.35. The highest BCUT2D eigenvalue weighted by molar-refractivity contribution is 7.09. The fourth-order valence-electron chi connectivity index (χ4n) is 1.06. The zero-order valence-corrected chi connectivity index (χ0v) is 9.17. The molecule has 4 nitrogen and oxygen atoms in total. The predicted octanol–water partition coefficient (Wildman–Crippen LogP) is 0.955. The van der Waals surface area contributed by atoms with Crippen molar-refractivity contribution in [1.29, 1.82) is 0 Å². The van der Waals surface area contributed by atoms with Gasteiger partial charge in [-0.2, -0.15) is 0 Å². The Morgan fingerprint density at radius 2 is 2.36 bits per heavy atom. The zero-order chi connectivity index (χ0) is 10.8. The third kappa shape index (κ3) is 1.93. The fourth-order valence-corrected chi connectivity index (χ4v) is 1.85. The van der Waals surface area contributed by atoms with Gasteiger partial charge in [-0.25, -0.2) is 9.78 Å². The van der Waals surface area contributed by atoms with Gasteiger partial charge in [-0.3, -0.25) is 0 Å². The van der Waals surface area contributed by atoms with Crippen molar-refractivity contribution in [2.75, 3.05) is 7.11 Å². The largest absolute Gasteiger partial charge is 0.467 e. The number of aliphatic hydroxyl groups is 1. The van der Waals surface area contributed by atoms with Crippen LogP contribution in [-0.2, 0) is 14.9 Å². The molecule has 0 spiro atoms. The summed E-state index contributed by atoms with van der Waals surface area (Å²) in [4.78, 5) is 15.2. The van der Waals surface area contributed by atoms with E-state index in [1.54, 1.807) is 25.4 Å². The van der Waals surface area contributed by atoms with Gasteiger partial charge in [0.1, 0.15) is 5.01 Å². The Labute approximate surface area is 86.6 Å². The number of thiazole rings is 1. The first-order valence-corrected chi connectivity index (χ1v) is 5.04. The van der Waals surface area contributed by atoms with Gasteiger partial charge in [-0.05, 0) is 0 Å². The van der Waals surface area contributed by atoms with Crippen LogP contribution < -0.4 is 0 Å². The molecule has 1 rings (SSSR count). The monoisotopic (exact) mass is 215 g/mol. The highest BCUT2D eigenvalue weighted by atomic mass is 32.1. The summed E-state index contributed by atoms with van der Waals surface area (Å²) >= 11 is 1.41. The number of hydrogen-bond acceptors (Lipinski definition) is 5. The van der Waals surface area contributed by atoms with E-state index in [9.17, 15) is 9.90 Å². The molecule has 1 heterocycles. The van der Waals surface area contributed by atoms with E-state index in [-0.39, 0.29) is 0 Å². The van der Waals surface area contributed by atoms with E-state index in [2.05, 4.69) is 9.72 Å². The minimum Gasteiger partial charge on any atom is -0.467 e. The van der Waals surface area contributed by atoms with E-state index in [1.165, 1.54) is 18.4 Å². The van der Waals surface area contributed by atoms with Gasteiger partial charge < -0.3 is 9.84 Å². The van der Waals surface area contributed by atoms with Crippen LogP contribution in [0.4, 0.5) is 0 Å². The molecule has 1 N–H and O–H groups in total. The molecule has 1 unspecified atom stereocenters. The van der Waals surface area contributed by atoms with Crippen LogP contribution in [0, 0.1) is 0 Å². The van der Waals surface area contributed by atoms with Crippen LogP contribution in [-0.4, -0.2) is 29.3 Å². The van der Waals surface area contributed by atoms with Crippen LogP contribution in [0.1, 0.15) is 18.9 Å². The Hall–Kier alpha value is -0.940. The summed E-state index contributed by atoms with van der Waals surface area (Å²) in [6.45, 7) is 3.51. The second-order valence-corrected chi connectivity index (χ2v) is 4.38. The number of rotatable bonds is 3. The van der Waals surface area contributed by atoms with Crippen molar-refractivity contribution in [2.45, 2.75) is 25.4 Å². The number of aromatic nitrogens is 1. The average Bonchev–Trinajstić information content (AvgIpc) is 2.68. The Balaban J connectivity index is 2.90. The van der Waals surface area contributed by atoms with Crippen LogP contribution in [0.3, 0.4) is 0 Å². The molecule has 0 bridgehead atoms. The molecule has 1 aromatic heterocycles. The van der Waals surface area contributed by atoms with Gasteiger partial charge in [0.2, 0.25) is 0 Å². The first kappa shape index (κ1) is 11.1. The molecule has 1 atom stereocenters. The third-order valence-corrected chi connectivity index (χ3v) is 3.20. The summed E-state index contributed by atoms with van der Waals surface area (Å²) in [7, 11) is 1.25. The van der Waals surface area contributed by atoms with Gasteiger partial charge in [0.05, 0.1) is 12.5 Å². The summed E-state index contributed by atoms with van der Waals surface area (Å²) in [5, 5.41) is 12.2. The van der Waals surface area contributed by atoms with Crippen molar-refractivity contribution in [2.24, 2.45) is 0 Å². The minimum absolute atomic E-state index is 0.634. The van der Waals surface area contributed by atoms with Crippen LogP contribution in [0.15, 0.2) is 11.6 Å². The van der Waals surface area contributed by atoms with Crippen molar-refractivity contribution in [3.8, 4) is 0 Å². The van der Waals surface area contributed by atoms with Gasteiger partial charge in [0.25, 0.3) is 0 Å². The average molecular weight is 215 g/mol. The Morgan fingerprint density at radius 3 is 2.79 bits per heavy atom. The SMILES string of the molecule is COC(=O)C(O)C(C)(C)c1nccs1. The van der Waals surface area contributed by atoms with Crippen LogP contribution in [0.5, 0.6) is 0 Å². The van der Waals surface area contributed by atoms with Gasteiger partial charge in [-0.15, -0.1) is 11.3 Å². The fraction of sp³-hybridized carbons (Fsp3) is 0.556. The van der Waals surface area contributed by atoms with E-state index in [1.807, 2.05) is 0 Å². The summed E-state index contributed by atoms with van der Waals surface area (Å²) in [5.41, 5.74) is -0.707. The maximum absolute atomic E-state index is 11.2. The van der Waals surface area contributed by atoms with E-state index in [4.69, 9.17) is 0 Å². The molecule has 14 heavy (non-hydrogen) atoms. The molecule has 0 saturated carbocycles. The van der Waals surface area contributed by atoms with Crippen molar-refractivity contribution in [1.82, 2.24) is 4.98 Å². The van der Waals surface area contributed by atoms with Gasteiger partial charge in [0.15, 0.2) is 6.10 Å². The second-order valence-electron chi connectivity index (χ2n) is 3.48. The first-order chi connectivity index (χ1) is 6.50. The quantitative estimate of drug-likeness (QED) is 0.763. The highest BCUT2D eigenvalue weighted by Gasteiger charge is 2.37. The molecule has 0 amide bonds. The van der Waals surface area contributed by atoms with Crippen molar-refractivity contribution >= 4 is 17.3 Å². The first-order valence-electron chi connectivity index (χ1n) is 4.16.